The Morgan fingerprint density at radius 3 is 2.75 bits per heavy atom. The zero-order chi connectivity index (χ0) is 14.7. The quantitative estimate of drug-likeness (QED) is 0.794. The minimum atomic E-state index is -0.431. The first-order valence-electron chi connectivity index (χ1n) is 6.36. The van der Waals surface area contributed by atoms with Gasteiger partial charge in [-0.2, -0.15) is 0 Å². The standard InChI is InChI=1S/C14H18N2O4/c1-8-9(14(18)19-2)4-3-5-12(8)16-13(17)10-6-20-7-11(10)15/h3-5,10-11H,6-7,15H2,1-2H3,(H,16,17). The smallest absolute Gasteiger partial charge is 0.338 e. The second kappa shape index (κ2) is 6.02. The second-order valence-electron chi connectivity index (χ2n) is 4.77. The molecule has 6 nitrogen and oxygen atoms in total. The topological polar surface area (TPSA) is 90.6 Å². The summed E-state index contributed by atoms with van der Waals surface area (Å²) in [7, 11) is 1.32. The lowest BCUT2D eigenvalue weighted by Gasteiger charge is -2.16. The van der Waals surface area contributed by atoms with Gasteiger partial charge in [0.15, 0.2) is 0 Å². The third kappa shape index (κ3) is 2.81. The number of nitrogens with one attached hydrogen (secondary N) is 1. The maximum atomic E-state index is 12.1. The summed E-state index contributed by atoms with van der Waals surface area (Å²) < 4.78 is 9.88. The van der Waals surface area contributed by atoms with Gasteiger partial charge in [0.05, 0.1) is 31.8 Å². The number of benzene rings is 1. The summed E-state index contributed by atoms with van der Waals surface area (Å²) in [5, 5.41) is 2.80. The average molecular weight is 278 g/mol. The second-order valence-corrected chi connectivity index (χ2v) is 4.77. The van der Waals surface area contributed by atoms with Gasteiger partial charge in [-0.3, -0.25) is 4.79 Å². The van der Waals surface area contributed by atoms with Gasteiger partial charge in [0.25, 0.3) is 0 Å². The summed E-state index contributed by atoms with van der Waals surface area (Å²) >= 11 is 0. The van der Waals surface area contributed by atoms with Crippen LogP contribution in [0.25, 0.3) is 0 Å². The molecule has 2 rings (SSSR count). The zero-order valence-electron chi connectivity index (χ0n) is 11.5. The van der Waals surface area contributed by atoms with E-state index >= 15 is 0 Å². The molecule has 1 aromatic carbocycles. The SMILES string of the molecule is COC(=O)c1cccc(NC(=O)C2COCC2N)c1C. The van der Waals surface area contributed by atoms with Crippen molar-refractivity contribution in [2.75, 3.05) is 25.6 Å². The van der Waals surface area contributed by atoms with Gasteiger partial charge in [-0.1, -0.05) is 6.07 Å². The highest BCUT2D eigenvalue weighted by Gasteiger charge is 2.31. The molecule has 1 heterocycles. The first kappa shape index (κ1) is 14.5. The lowest BCUT2D eigenvalue weighted by Crippen LogP contribution is -2.37. The van der Waals surface area contributed by atoms with Crippen LogP contribution < -0.4 is 11.1 Å². The molecule has 1 aliphatic heterocycles. The Bertz CT molecular complexity index is 530. The largest absolute Gasteiger partial charge is 0.465 e. The van der Waals surface area contributed by atoms with Crippen LogP contribution in [0.4, 0.5) is 5.69 Å². The number of rotatable bonds is 3. The van der Waals surface area contributed by atoms with E-state index in [1.807, 2.05) is 0 Å². The van der Waals surface area contributed by atoms with Gasteiger partial charge in [-0.25, -0.2) is 4.79 Å². The number of hydrogen-bond donors (Lipinski definition) is 2. The maximum absolute atomic E-state index is 12.1. The lowest BCUT2D eigenvalue weighted by atomic mass is 10.0. The molecule has 2 unspecified atom stereocenters. The van der Waals surface area contributed by atoms with E-state index in [0.717, 1.165) is 0 Å². The Balaban J connectivity index is 2.17. The summed E-state index contributed by atoms with van der Waals surface area (Å²) in [6, 6.07) is 4.79. The first-order chi connectivity index (χ1) is 9.54. The van der Waals surface area contributed by atoms with Crippen LogP contribution in [0.15, 0.2) is 18.2 Å². The molecule has 2 atom stereocenters. The summed E-state index contributed by atoms with van der Waals surface area (Å²) in [6.07, 6.45) is 0. The van der Waals surface area contributed by atoms with Crippen molar-refractivity contribution in [1.82, 2.24) is 0 Å². The fourth-order valence-electron chi connectivity index (χ4n) is 2.17. The van der Waals surface area contributed by atoms with Crippen molar-refractivity contribution in [3.8, 4) is 0 Å². The van der Waals surface area contributed by atoms with Crippen molar-refractivity contribution in [3.05, 3.63) is 29.3 Å². The number of nitrogens with two attached hydrogens (primary N) is 1. The molecule has 6 heteroatoms. The number of anilines is 1. The number of carbonyl (C=O) groups excluding carboxylic acids is 2. The number of amides is 1. The Morgan fingerprint density at radius 2 is 2.15 bits per heavy atom. The summed E-state index contributed by atoms with van der Waals surface area (Å²) in [5.41, 5.74) is 7.49. The van der Waals surface area contributed by atoms with Crippen LogP contribution in [0.1, 0.15) is 15.9 Å². The number of methoxy groups -OCH3 is 1. The van der Waals surface area contributed by atoms with E-state index < -0.39 is 5.97 Å². The van der Waals surface area contributed by atoms with Gasteiger partial charge in [-0.15, -0.1) is 0 Å². The number of hydrogen-bond acceptors (Lipinski definition) is 5. The minimum absolute atomic E-state index is 0.194. The molecule has 1 amide bonds. The molecule has 0 bridgehead atoms. The van der Waals surface area contributed by atoms with Gasteiger partial charge in [-0.05, 0) is 24.6 Å². The molecule has 0 saturated carbocycles. The molecule has 1 fully saturated rings. The monoisotopic (exact) mass is 278 g/mol. The predicted molar refractivity (Wildman–Crippen MR) is 73.4 cm³/mol. The molecule has 0 aliphatic carbocycles. The summed E-state index contributed by atoms with van der Waals surface area (Å²) in [5.74, 6) is -0.990. The van der Waals surface area contributed by atoms with Gasteiger partial charge in [0, 0.05) is 11.7 Å². The third-order valence-electron chi connectivity index (χ3n) is 3.46. The van der Waals surface area contributed by atoms with Crippen LogP contribution in [0.2, 0.25) is 0 Å². The highest BCUT2D eigenvalue weighted by Crippen LogP contribution is 2.21. The summed E-state index contributed by atoms with van der Waals surface area (Å²) in [4.78, 5) is 23.7. The Hall–Kier alpha value is -1.92. The average Bonchev–Trinajstić information content (AvgIpc) is 2.86. The molecule has 0 spiro atoms. The normalized spacial score (nSPS) is 21.6. The van der Waals surface area contributed by atoms with Gasteiger partial charge in [0.1, 0.15) is 0 Å². The van der Waals surface area contributed by atoms with E-state index in [1.165, 1.54) is 7.11 Å². The van der Waals surface area contributed by atoms with E-state index in [1.54, 1.807) is 25.1 Å². The Kier molecular flexibility index (Phi) is 4.36. The van der Waals surface area contributed by atoms with Crippen molar-refractivity contribution in [1.29, 1.82) is 0 Å². The summed E-state index contributed by atoms with van der Waals surface area (Å²) in [6.45, 7) is 2.47. The molecule has 1 saturated heterocycles. The molecule has 108 valence electrons. The number of esters is 1. The van der Waals surface area contributed by atoms with Gasteiger partial charge in [0.2, 0.25) is 5.91 Å². The van der Waals surface area contributed by atoms with Crippen LogP contribution in [0.5, 0.6) is 0 Å². The van der Waals surface area contributed by atoms with Crippen molar-refractivity contribution >= 4 is 17.6 Å². The predicted octanol–water partition coefficient (Wildman–Crippen LogP) is 0.694. The fourth-order valence-corrected chi connectivity index (χ4v) is 2.17. The van der Waals surface area contributed by atoms with Crippen LogP contribution in [-0.4, -0.2) is 38.2 Å². The molecule has 1 aromatic rings. The van der Waals surface area contributed by atoms with Crippen LogP contribution in [0, 0.1) is 12.8 Å². The molecule has 0 radical (unpaired) electrons. The molecule has 0 aromatic heterocycles. The van der Waals surface area contributed by atoms with Crippen molar-refractivity contribution in [3.63, 3.8) is 0 Å². The Labute approximate surface area is 117 Å². The first-order valence-corrected chi connectivity index (χ1v) is 6.36. The molecular formula is C14H18N2O4. The van der Waals surface area contributed by atoms with E-state index in [-0.39, 0.29) is 17.9 Å². The van der Waals surface area contributed by atoms with E-state index in [9.17, 15) is 9.59 Å². The van der Waals surface area contributed by atoms with E-state index in [2.05, 4.69) is 5.32 Å². The molecular weight excluding hydrogens is 260 g/mol. The maximum Gasteiger partial charge on any atom is 0.338 e. The lowest BCUT2D eigenvalue weighted by molar-refractivity contribution is -0.120. The van der Waals surface area contributed by atoms with Crippen LogP contribution >= 0.6 is 0 Å². The van der Waals surface area contributed by atoms with Crippen molar-refractivity contribution in [2.24, 2.45) is 11.7 Å². The zero-order valence-corrected chi connectivity index (χ0v) is 11.5. The van der Waals surface area contributed by atoms with Crippen LogP contribution in [-0.2, 0) is 14.3 Å². The number of carbonyl (C=O) groups is 2. The van der Waals surface area contributed by atoms with Crippen molar-refractivity contribution < 1.29 is 19.1 Å². The fraction of sp³-hybridized carbons (Fsp3) is 0.429. The molecule has 3 N–H and O–H groups in total. The highest BCUT2D eigenvalue weighted by atomic mass is 16.5. The van der Waals surface area contributed by atoms with Crippen molar-refractivity contribution in [2.45, 2.75) is 13.0 Å². The van der Waals surface area contributed by atoms with E-state index in [0.29, 0.717) is 30.0 Å². The van der Waals surface area contributed by atoms with Gasteiger partial charge < -0.3 is 20.5 Å². The van der Waals surface area contributed by atoms with Gasteiger partial charge >= 0.3 is 5.97 Å². The number of ether oxygens (including phenoxy) is 2. The minimum Gasteiger partial charge on any atom is -0.465 e. The van der Waals surface area contributed by atoms with Crippen LogP contribution in [0.3, 0.4) is 0 Å². The molecule has 20 heavy (non-hydrogen) atoms. The Morgan fingerprint density at radius 1 is 1.40 bits per heavy atom. The highest BCUT2D eigenvalue weighted by molar-refractivity contribution is 5.97. The molecule has 1 aliphatic rings. The van der Waals surface area contributed by atoms with E-state index in [4.69, 9.17) is 15.2 Å². The third-order valence-corrected chi connectivity index (χ3v) is 3.46.